The molecule has 0 saturated carbocycles. The molecule has 24 heavy (non-hydrogen) atoms. The van der Waals surface area contributed by atoms with E-state index < -0.39 is 0 Å². The Balaban J connectivity index is 1.65. The van der Waals surface area contributed by atoms with Crippen molar-refractivity contribution in [3.05, 3.63) is 51.5 Å². The summed E-state index contributed by atoms with van der Waals surface area (Å²) in [5, 5.41) is 4.47. The minimum absolute atomic E-state index is 0.0419. The maximum atomic E-state index is 12.4. The van der Waals surface area contributed by atoms with Gasteiger partial charge in [0.1, 0.15) is 9.88 Å². The van der Waals surface area contributed by atoms with Crippen molar-refractivity contribution in [1.29, 1.82) is 0 Å². The molecule has 1 amide bonds. The number of amides is 1. The highest BCUT2D eigenvalue weighted by Crippen LogP contribution is 2.32. The first-order valence-electron chi connectivity index (χ1n) is 8.33. The molecule has 1 aliphatic carbocycles. The van der Waals surface area contributed by atoms with Gasteiger partial charge in [-0.3, -0.25) is 4.79 Å². The summed E-state index contributed by atoms with van der Waals surface area (Å²) in [6, 6.07) is 7.58. The van der Waals surface area contributed by atoms with Crippen LogP contribution in [0.25, 0.3) is 10.6 Å². The highest BCUT2D eigenvalue weighted by Gasteiger charge is 2.17. The predicted molar refractivity (Wildman–Crippen MR) is 101 cm³/mol. The number of rotatable bonds is 5. The smallest absolute Gasteiger partial charge is 0.263 e. The number of aromatic nitrogens is 1. The van der Waals surface area contributed by atoms with Crippen molar-refractivity contribution in [2.24, 2.45) is 0 Å². The topological polar surface area (TPSA) is 42.0 Å². The fraction of sp³-hybridized carbons (Fsp3) is 0.368. The molecule has 1 N–H and O–H groups in total. The summed E-state index contributed by atoms with van der Waals surface area (Å²) in [5.74, 6) is -0.0419. The molecule has 1 aromatic carbocycles. The lowest BCUT2D eigenvalue weighted by Gasteiger charge is -2.12. The Morgan fingerprint density at radius 1 is 1.33 bits per heavy atom. The minimum Gasteiger partial charge on any atom is -0.351 e. The number of halogens is 1. The summed E-state index contributed by atoms with van der Waals surface area (Å²) < 4.78 is 0. The molecule has 2 aromatic rings. The van der Waals surface area contributed by atoms with Crippen molar-refractivity contribution in [2.75, 3.05) is 6.54 Å². The van der Waals surface area contributed by atoms with Gasteiger partial charge in [-0.2, -0.15) is 0 Å². The van der Waals surface area contributed by atoms with Crippen LogP contribution in [0.5, 0.6) is 0 Å². The normalized spacial score (nSPS) is 14.3. The minimum atomic E-state index is -0.0419. The molecule has 5 heteroatoms. The van der Waals surface area contributed by atoms with Crippen LogP contribution in [-0.2, 0) is 0 Å². The first-order valence-corrected chi connectivity index (χ1v) is 9.53. The third-order valence-corrected chi connectivity index (χ3v) is 5.74. The average Bonchev–Trinajstić information content (AvgIpc) is 2.98. The SMILES string of the molecule is Cc1nc(-c2ccccc2Cl)sc1C(=O)NCCC1=CCCCC1. The molecule has 0 bridgehead atoms. The van der Waals surface area contributed by atoms with E-state index >= 15 is 0 Å². The number of carbonyl (C=O) groups excluding carboxylic acids is 1. The number of nitrogens with zero attached hydrogens (tertiary/aromatic N) is 1. The van der Waals surface area contributed by atoms with E-state index in [-0.39, 0.29) is 5.91 Å². The average molecular weight is 361 g/mol. The van der Waals surface area contributed by atoms with E-state index in [0.29, 0.717) is 16.4 Å². The van der Waals surface area contributed by atoms with Crippen LogP contribution in [0.1, 0.15) is 47.5 Å². The van der Waals surface area contributed by atoms with E-state index in [9.17, 15) is 4.79 Å². The molecule has 0 saturated heterocycles. The van der Waals surface area contributed by atoms with Gasteiger partial charge in [0.25, 0.3) is 5.91 Å². The standard InChI is InChI=1S/C19H21ClN2OS/c1-13-17(18(23)21-12-11-14-7-3-2-4-8-14)24-19(22-13)15-9-5-6-10-16(15)20/h5-7,9-10H,2-4,8,11-12H2,1H3,(H,21,23). The fourth-order valence-electron chi connectivity index (χ4n) is 2.91. The Hall–Kier alpha value is -1.65. The van der Waals surface area contributed by atoms with Crippen molar-refractivity contribution in [1.82, 2.24) is 10.3 Å². The maximum Gasteiger partial charge on any atom is 0.263 e. The lowest BCUT2D eigenvalue weighted by atomic mass is 9.97. The Morgan fingerprint density at radius 2 is 2.17 bits per heavy atom. The van der Waals surface area contributed by atoms with Crippen molar-refractivity contribution < 1.29 is 4.79 Å². The third kappa shape index (κ3) is 4.05. The van der Waals surface area contributed by atoms with E-state index in [1.807, 2.05) is 31.2 Å². The van der Waals surface area contributed by atoms with Gasteiger partial charge in [0.15, 0.2) is 0 Å². The zero-order valence-electron chi connectivity index (χ0n) is 13.8. The van der Waals surface area contributed by atoms with Gasteiger partial charge in [-0.15, -0.1) is 11.3 Å². The molecule has 1 heterocycles. The lowest BCUT2D eigenvalue weighted by Crippen LogP contribution is -2.24. The largest absolute Gasteiger partial charge is 0.351 e. The zero-order valence-corrected chi connectivity index (χ0v) is 15.3. The number of benzene rings is 1. The molecule has 3 rings (SSSR count). The number of carbonyl (C=O) groups is 1. The second kappa shape index (κ2) is 7.95. The summed E-state index contributed by atoms with van der Waals surface area (Å²) in [7, 11) is 0. The number of nitrogens with one attached hydrogen (secondary N) is 1. The molecule has 0 spiro atoms. The summed E-state index contributed by atoms with van der Waals surface area (Å²) in [5.41, 5.74) is 3.10. The molecule has 3 nitrogen and oxygen atoms in total. The maximum absolute atomic E-state index is 12.4. The molecule has 1 aromatic heterocycles. The van der Waals surface area contributed by atoms with Crippen LogP contribution in [0.15, 0.2) is 35.9 Å². The fourth-order valence-corrected chi connectivity index (χ4v) is 4.21. The van der Waals surface area contributed by atoms with Crippen molar-refractivity contribution in [3.8, 4) is 10.6 Å². The highest BCUT2D eigenvalue weighted by molar-refractivity contribution is 7.17. The number of aryl methyl sites for hydroxylation is 1. The number of allylic oxidation sites excluding steroid dienone is 1. The molecule has 1 aliphatic rings. The first-order chi connectivity index (χ1) is 11.6. The van der Waals surface area contributed by atoms with Crippen LogP contribution in [0, 0.1) is 6.92 Å². The molecule has 0 radical (unpaired) electrons. The van der Waals surface area contributed by atoms with Crippen molar-refractivity contribution in [2.45, 2.75) is 39.0 Å². The van der Waals surface area contributed by atoms with Gasteiger partial charge in [0.05, 0.1) is 10.7 Å². The Labute approximate surface area is 151 Å². The number of thiazole rings is 1. The second-order valence-corrected chi connectivity index (χ2v) is 7.43. The van der Waals surface area contributed by atoms with Gasteiger partial charge in [0, 0.05) is 12.1 Å². The van der Waals surface area contributed by atoms with Gasteiger partial charge in [0.2, 0.25) is 0 Å². The molecule has 0 aliphatic heterocycles. The number of hydrogen-bond donors (Lipinski definition) is 1. The second-order valence-electron chi connectivity index (χ2n) is 6.03. The van der Waals surface area contributed by atoms with Crippen LogP contribution in [0.2, 0.25) is 5.02 Å². The zero-order chi connectivity index (χ0) is 16.9. The summed E-state index contributed by atoms with van der Waals surface area (Å²) in [4.78, 5) is 17.6. The summed E-state index contributed by atoms with van der Waals surface area (Å²) in [6.07, 6.45) is 8.18. The van der Waals surface area contributed by atoms with Gasteiger partial charge < -0.3 is 5.32 Å². The van der Waals surface area contributed by atoms with E-state index in [0.717, 1.165) is 22.7 Å². The molecule has 0 unspecified atom stereocenters. The van der Waals surface area contributed by atoms with Gasteiger partial charge in [-0.25, -0.2) is 4.98 Å². The molecule has 0 fully saturated rings. The molecule has 0 atom stereocenters. The van der Waals surface area contributed by atoms with Crippen LogP contribution < -0.4 is 5.32 Å². The van der Waals surface area contributed by atoms with E-state index in [2.05, 4.69) is 16.4 Å². The molecular formula is C19H21ClN2OS. The van der Waals surface area contributed by atoms with Crippen LogP contribution in [0.4, 0.5) is 0 Å². The van der Waals surface area contributed by atoms with Gasteiger partial charge in [-0.05, 0) is 45.1 Å². The quantitative estimate of drug-likeness (QED) is 0.726. The van der Waals surface area contributed by atoms with Crippen molar-refractivity contribution in [3.63, 3.8) is 0 Å². The van der Waals surface area contributed by atoms with Gasteiger partial charge in [-0.1, -0.05) is 41.4 Å². The summed E-state index contributed by atoms with van der Waals surface area (Å²) >= 11 is 7.63. The molecule has 126 valence electrons. The third-order valence-electron chi connectivity index (χ3n) is 4.22. The van der Waals surface area contributed by atoms with E-state index in [4.69, 9.17) is 11.6 Å². The van der Waals surface area contributed by atoms with E-state index in [1.54, 1.807) is 0 Å². The monoisotopic (exact) mass is 360 g/mol. The van der Waals surface area contributed by atoms with Gasteiger partial charge >= 0.3 is 0 Å². The number of hydrogen-bond acceptors (Lipinski definition) is 3. The van der Waals surface area contributed by atoms with Crippen LogP contribution in [0.3, 0.4) is 0 Å². The molecular weight excluding hydrogens is 340 g/mol. The summed E-state index contributed by atoms with van der Waals surface area (Å²) in [6.45, 7) is 2.55. The Kier molecular flexibility index (Phi) is 5.69. The first kappa shape index (κ1) is 17.2. The van der Waals surface area contributed by atoms with Crippen LogP contribution >= 0.6 is 22.9 Å². The Bertz CT molecular complexity index is 766. The van der Waals surface area contributed by atoms with E-state index in [1.165, 1.54) is 42.6 Å². The van der Waals surface area contributed by atoms with Crippen molar-refractivity contribution >= 4 is 28.8 Å². The predicted octanol–water partition coefficient (Wildman–Crippen LogP) is 5.39. The Morgan fingerprint density at radius 3 is 2.92 bits per heavy atom. The highest BCUT2D eigenvalue weighted by atomic mass is 35.5. The lowest BCUT2D eigenvalue weighted by molar-refractivity contribution is 0.0957. The van der Waals surface area contributed by atoms with Crippen LogP contribution in [-0.4, -0.2) is 17.4 Å².